The van der Waals surface area contributed by atoms with E-state index in [4.69, 9.17) is 16.7 Å². The summed E-state index contributed by atoms with van der Waals surface area (Å²) in [7, 11) is 0. The second-order valence-electron chi connectivity index (χ2n) is 6.98. The van der Waals surface area contributed by atoms with E-state index in [0.29, 0.717) is 5.92 Å². The van der Waals surface area contributed by atoms with Crippen LogP contribution in [0.4, 0.5) is 11.5 Å². The molecule has 1 saturated carbocycles. The molecule has 5 heteroatoms. The van der Waals surface area contributed by atoms with Gasteiger partial charge in [-0.3, -0.25) is 0 Å². The monoisotopic (exact) mass is 492 g/mol. The Morgan fingerprint density at radius 1 is 0.926 bits per heavy atom. The number of aromatic nitrogens is 2. The molecule has 1 heterocycles. The van der Waals surface area contributed by atoms with Crippen molar-refractivity contribution in [3.05, 3.63) is 75.0 Å². The van der Waals surface area contributed by atoms with E-state index in [9.17, 15) is 0 Å². The molecule has 2 aromatic carbocycles. The first kappa shape index (κ1) is 18.8. The summed E-state index contributed by atoms with van der Waals surface area (Å²) in [6, 6.07) is 20.9. The van der Waals surface area contributed by atoms with Crippen molar-refractivity contribution in [1.82, 2.24) is 10.2 Å². The van der Waals surface area contributed by atoms with Crippen molar-refractivity contribution in [1.29, 1.82) is 0 Å². The van der Waals surface area contributed by atoms with Crippen LogP contribution in [0.5, 0.6) is 0 Å². The third kappa shape index (κ3) is 4.66. The molecule has 1 aromatic heterocycles. The Morgan fingerprint density at radius 2 is 1.63 bits per heavy atom. The van der Waals surface area contributed by atoms with Gasteiger partial charge >= 0.3 is 177 Å². The Morgan fingerprint density at radius 3 is 2.37 bits per heavy atom. The van der Waals surface area contributed by atoms with Gasteiger partial charge in [-0.05, 0) is 0 Å². The molecule has 0 bridgehead atoms. The molecule has 0 radical (unpaired) electrons. The van der Waals surface area contributed by atoms with Gasteiger partial charge in [0.25, 0.3) is 0 Å². The van der Waals surface area contributed by atoms with Crippen molar-refractivity contribution in [2.45, 2.75) is 44.4 Å². The van der Waals surface area contributed by atoms with Gasteiger partial charge in [0.15, 0.2) is 0 Å². The number of anilines is 2. The summed E-state index contributed by atoms with van der Waals surface area (Å²) in [5, 5.41) is 8.90. The number of hydrogen-bond donors (Lipinski definition) is 1. The molecule has 1 fully saturated rings. The van der Waals surface area contributed by atoms with Gasteiger partial charge in [-0.25, -0.2) is 0 Å². The van der Waals surface area contributed by atoms with Crippen molar-refractivity contribution in [3.63, 3.8) is 0 Å². The summed E-state index contributed by atoms with van der Waals surface area (Å²) >= 11 is 5.95. The second-order valence-corrected chi connectivity index (χ2v) is 10.0. The van der Waals surface area contributed by atoms with E-state index < -0.39 is 21.5 Å². The average Bonchev–Trinajstić information content (AvgIpc) is 3.03. The molecule has 4 rings (SSSR count). The minimum atomic E-state index is -0.510. The van der Waals surface area contributed by atoms with Gasteiger partial charge in [-0.2, -0.15) is 0 Å². The van der Waals surface area contributed by atoms with Gasteiger partial charge in [0.2, 0.25) is 0 Å². The van der Waals surface area contributed by atoms with Crippen molar-refractivity contribution in [3.8, 4) is 0 Å². The third-order valence-corrected chi connectivity index (χ3v) is 8.71. The number of halogens is 2. The maximum absolute atomic E-state index is 6.46. The quantitative estimate of drug-likeness (QED) is 0.336. The van der Waals surface area contributed by atoms with E-state index in [1.54, 1.807) is 0 Å². The molecule has 0 amide bonds. The van der Waals surface area contributed by atoms with Gasteiger partial charge in [0.1, 0.15) is 0 Å². The Balaban J connectivity index is 1.64. The fraction of sp³-hybridized carbons (Fsp3) is 0.318. The molecule has 1 aliphatic rings. The van der Waals surface area contributed by atoms with Gasteiger partial charge in [0.05, 0.1) is 0 Å². The van der Waals surface area contributed by atoms with Gasteiger partial charge in [-0.15, -0.1) is 0 Å². The first-order valence-electron chi connectivity index (χ1n) is 9.61. The predicted octanol–water partition coefficient (Wildman–Crippen LogP) is 3.51. The molecule has 142 valence electrons. The normalized spacial score (nSPS) is 15.6. The van der Waals surface area contributed by atoms with Crippen molar-refractivity contribution in [2.24, 2.45) is 0 Å². The van der Waals surface area contributed by atoms with E-state index in [1.165, 1.54) is 53.5 Å². The van der Waals surface area contributed by atoms with Crippen LogP contribution in [-0.4, -0.2) is 10.2 Å². The van der Waals surface area contributed by atoms with E-state index in [0.717, 1.165) is 10.8 Å². The Bertz CT molecular complexity index is 857. The van der Waals surface area contributed by atoms with E-state index in [2.05, 4.69) is 56.7 Å². The standard InChI is InChI=1S/C22H24ClIN3/c23-19-14-8-9-15-20(19)24-27(18-12-6-3-7-13-18)22-16-21(25-26-22)17-10-4-1-2-5-11-17/h3,6-9,12-17H,1-2,4-5,10-11H2,(H,25,26)/q-1. The summed E-state index contributed by atoms with van der Waals surface area (Å²) < 4.78 is 3.55. The third-order valence-electron chi connectivity index (χ3n) is 5.06. The van der Waals surface area contributed by atoms with Gasteiger partial charge in [-0.1, -0.05) is 0 Å². The summed E-state index contributed by atoms with van der Waals surface area (Å²) in [5.74, 6) is 1.62. The number of H-pyrrole nitrogens is 1. The zero-order valence-electron chi connectivity index (χ0n) is 15.2. The zero-order valence-corrected chi connectivity index (χ0v) is 18.2. The number of hydrogen-bond acceptors (Lipinski definition) is 2. The van der Waals surface area contributed by atoms with Gasteiger partial charge < -0.3 is 0 Å². The zero-order chi connectivity index (χ0) is 18.5. The SMILES string of the molecule is Clc1ccccc1[I-]N(c1ccccc1)c1cc(C2CCCCCC2)[nH]n1. The molecule has 0 unspecified atom stereocenters. The Labute approximate surface area is 176 Å². The number of benzene rings is 2. The van der Waals surface area contributed by atoms with Crippen LogP contribution in [0.2, 0.25) is 5.02 Å². The fourth-order valence-electron chi connectivity index (χ4n) is 3.61. The molecule has 0 spiro atoms. The van der Waals surface area contributed by atoms with Crippen LogP contribution in [-0.2, 0) is 0 Å². The maximum atomic E-state index is 6.46. The average molecular weight is 493 g/mol. The Kier molecular flexibility index (Phi) is 6.35. The van der Waals surface area contributed by atoms with Crippen LogP contribution in [0.3, 0.4) is 0 Å². The predicted molar refractivity (Wildman–Crippen MR) is 108 cm³/mol. The van der Waals surface area contributed by atoms with Crippen LogP contribution in [0.1, 0.15) is 50.1 Å². The summed E-state index contributed by atoms with van der Waals surface area (Å²) in [6.45, 7) is 0. The Hall–Kier alpha value is -1.53. The number of nitrogens with one attached hydrogen (secondary N) is 1. The molecular formula is C22H24ClIN3-. The molecule has 1 N–H and O–H groups in total. The van der Waals surface area contributed by atoms with Crippen LogP contribution in [0.15, 0.2) is 60.7 Å². The molecule has 0 atom stereocenters. The number of rotatable bonds is 5. The molecule has 0 saturated heterocycles. The first-order valence-corrected chi connectivity index (χ1v) is 12.0. The number of para-hydroxylation sites is 1. The molecular weight excluding hydrogens is 469 g/mol. The van der Waals surface area contributed by atoms with Crippen molar-refractivity contribution in [2.75, 3.05) is 3.11 Å². The topological polar surface area (TPSA) is 31.9 Å². The molecule has 27 heavy (non-hydrogen) atoms. The molecule has 3 nitrogen and oxygen atoms in total. The summed E-state index contributed by atoms with van der Waals surface area (Å²) in [5.41, 5.74) is 2.46. The second kappa shape index (κ2) is 9.11. The van der Waals surface area contributed by atoms with Crippen LogP contribution in [0.25, 0.3) is 0 Å². The van der Waals surface area contributed by atoms with E-state index in [1.807, 2.05) is 12.1 Å². The van der Waals surface area contributed by atoms with Crippen LogP contribution in [0, 0.1) is 3.57 Å². The fourth-order valence-corrected chi connectivity index (χ4v) is 6.35. The van der Waals surface area contributed by atoms with Crippen LogP contribution < -0.4 is 24.6 Å². The molecule has 3 aromatic rings. The summed E-state index contributed by atoms with van der Waals surface area (Å²) in [6.07, 6.45) is 7.93. The molecule has 0 aliphatic heterocycles. The van der Waals surface area contributed by atoms with E-state index >= 15 is 0 Å². The molecule has 1 aliphatic carbocycles. The number of nitrogens with zero attached hydrogens (tertiary/aromatic N) is 2. The van der Waals surface area contributed by atoms with E-state index in [-0.39, 0.29) is 0 Å². The number of aromatic amines is 1. The van der Waals surface area contributed by atoms with Crippen LogP contribution >= 0.6 is 11.6 Å². The summed E-state index contributed by atoms with van der Waals surface area (Å²) in [4.78, 5) is 0. The first-order chi connectivity index (χ1) is 13.3. The minimum absolute atomic E-state index is 0.510. The van der Waals surface area contributed by atoms with Gasteiger partial charge in [0, 0.05) is 0 Å². The van der Waals surface area contributed by atoms with Crippen molar-refractivity contribution >= 4 is 23.1 Å². The van der Waals surface area contributed by atoms with Crippen molar-refractivity contribution < 1.29 is 21.5 Å².